The van der Waals surface area contributed by atoms with E-state index >= 15 is 0 Å². The molecule has 2 fully saturated rings. The van der Waals surface area contributed by atoms with E-state index in [9.17, 15) is 14.9 Å². The van der Waals surface area contributed by atoms with Crippen molar-refractivity contribution in [2.24, 2.45) is 5.92 Å². The molecule has 0 bridgehead atoms. The summed E-state index contributed by atoms with van der Waals surface area (Å²) < 4.78 is 0. The van der Waals surface area contributed by atoms with Gasteiger partial charge in [-0.2, -0.15) is 5.26 Å². The molecular weight excluding hydrogens is 352 g/mol. The van der Waals surface area contributed by atoms with Crippen LogP contribution in [0.15, 0.2) is 18.2 Å². The number of benzene rings is 1. The van der Waals surface area contributed by atoms with Crippen LogP contribution >= 0.6 is 0 Å². The lowest BCUT2D eigenvalue weighted by molar-refractivity contribution is -0.123. The summed E-state index contributed by atoms with van der Waals surface area (Å²) in [6.07, 6.45) is 4.64. The van der Waals surface area contributed by atoms with Gasteiger partial charge in [0.25, 0.3) is 0 Å². The van der Waals surface area contributed by atoms with Crippen molar-refractivity contribution in [3.63, 3.8) is 0 Å². The highest BCUT2D eigenvalue weighted by atomic mass is 16.2. The third-order valence-corrected chi connectivity index (χ3v) is 5.91. The second-order valence-corrected chi connectivity index (χ2v) is 8.20. The van der Waals surface area contributed by atoms with Crippen LogP contribution in [0.2, 0.25) is 0 Å². The Hall–Kier alpha value is -2.39. The van der Waals surface area contributed by atoms with Crippen LogP contribution in [-0.4, -0.2) is 55.4 Å². The number of Topliss-reactive ketones (excluding diaryl/α,β-unsaturated/α-hetero) is 1. The van der Waals surface area contributed by atoms with Gasteiger partial charge in [-0.25, -0.2) is 0 Å². The zero-order valence-electron chi connectivity index (χ0n) is 16.9. The molecule has 0 radical (unpaired) electrons. The van der Waals surface area contributed by atoms with Crippen LogP contribution in [-0.2, 0) is 4.79 Å². The second-order valence-electron chi connectivity index (χ2n) is 8.20. The highest BCUT2D eigenvalue weighted by Crippen LogP contribution is 2.24. The zero-order chi connectivity index (χ0) is 20.1. The molecule has 1 aliphatic carbocycles. The maximum absolute atomic E-state index is 12.4. The third-order valence-electron chi connectivity index (χ3n) is 5.91. The zero-order valence-corrected chi connectivity index (χ0v) is 16.9. The van der Waals surface area contributed by atoms with Gasteiger partial charge in [0.2, 0.25) is 5.91 Å². The number of carbonyl (C=O) groups is 2. The fraction of sp³-hybridized carbons (Fsp3) is 0.591. The van der Waals surface area contributed by atoms with Crippen LogP contribution in [0.5, 0.6) is 0 Å². The Labute approximate surface area is 167 Å². The highest BCUT2D eigenvalue weighted by Gasteiger charge is 2.24. The number of ketones is 1. The number of rotatable bonds is 5. The van der Waals surface area contributed by atoms with Crippen molar-refractivity contribution in [1.29, 1.82) is 5.26 Å². The first kappa shape index (κ1) is 20.3. The number of nitrogens with one attached hydrogen (secondary N) is 1. The summed E-state index contributed by atoms with van der Waals surface area (Å²) in [7, 11) is 0. The molecule has 6 heteroatoms. The van der Waals surface area contributed by atoms with E-state index in [0.717, 1.165) is 44.7 Å². The van der Waals surface area contributed by atoms with Crippen LogP contribution in [0.25, 0.3) is 0 Å². The van der Waals surface area contributed by atoms with E-state index in [4.69, 9.17) is 0 Å². The first-order valence-corrected chi connectivity index (χ1v) is 10.3. The molecule has 1 aliphatic heterocycles. The van der Waals surface area contributed by atoms with Gasteiger partial charge in [-0.05, 0) is 43.9 Å². The van der Waals surface area contributed by atoms with E-state index in [1.54, 1.807) is 12.1 Å². The van der Waals surface area contributed by atoms with Crippen molar-refractivity contribution in [3.05, 3.63) is 29.3 Å². The average molecular weight is 383 g/mol. The highest BCUT2D eigenvalue weighted by molar-refractivity contribution is 5.95. The Bertz CT molecular complexity index is 762. The molecule has 2 atom stereocenters. The Kier molecular flexibility index (Phi) is 6.69. The Morgan fingerprint density at radius 2 is 1.96 bits per heavy atom. The summed E-state index contributed by atoms with van der Waals surface area (Å²) in [4.78, 5) is 28.4. The van der Waals surface area contributed by atoms with E-state index in [0.29, 0.717) is 29.6 Å². The summed E-state index contributed by atoms with van der Waals surface area (Å²) in [6, 6.07) is 7.78. The molecule has 0 aromatic heterocycles. The molecule has 1 aromatic carbocycles. The predicted octanol–water partition coefficient (Wildman–Crippen LogP) is 2.58. The lowest BCUT2D eigenvalue weighted by atomic mass is 9.87. The van der Waals surface area contributed by atoms with Gasteiger partial charge in [0.1, 0.15) is 6.07 Å². The molecule has 0 spiro atoms. The van der Waals surface area contributed by atoms with Crippen molar-refractivity contribution in [2.45, 2.75) is 45.6 Å². The number of anilines is 1. The lowest BCUT2D eigenvalue weighted by Gasteiger charge is -2.36. The van der Waals surface area contributed by atoms with Crippen molar-refractivity contribution in [1.82, 2.24) is 10.2 Å². The normalized spacial score (nSPS) is 23.1. The van der Waals surface area contributed by atoms with Crippen LogP contribution in [0.1, 0.15) is 55.5 Å². The summed E-state index contributed by atoms with van der Waals surface area (Å²) in [5.41, 5.74) is 2.02. The van der Waals surface area contributed by atoms with Crippen LogP contribution < -0.4 is 10.2 Å². The SMILES string of the molecule is CC(=O)c1ccc(C#N)c(N2CCN(CC(=O)NC3CCCC(C)C3)CC2)c1. The topological polar surface area (TPSA) is 76.4 Å². The average Bonchev–Trinajstić information content (AvgIpc) is 2.68. The number of hydrogen-bond acceptors (Lipinski definition) is 5. The molecule has 2 unspecified atom stereocenters. The van der Waals surface area contributed by atoms with Gasteiger partial charge in [-0.1, -0.05) is 19.8 Å². The number of carbonyl (C=O) groups excluding carboxylic acids is 2. The number of nitriles is 1. The number of nitrogens with zero attached hydrogens (tertiary/aromatic N) is 3. The minimum absolute atomic E-state index is 0.00178. The summed E-state index contributed by atoms with van der Waals surface area (Å²) in [5, 5.41) is 12.6. The Morgan fingerprint density at radius 1 is 1.21 bits per heavy atom. The van der Waals surface area contributed by atoms with Gasteiger partial charge in [0.05, 0.1) is 17.8 Å². The largest absolute Gasteiger partial charge is 0.368 e. The van der Waals surface area contributed by atoms with Gasteiger partial charge in [-0.3, -0.25) is 14.5 Å². The molecule has 1 saturated carbocycles. The van der Waals surface area contributed by atoms with E-state index in [1.807, 2.05) is 6.07 Å². The van der Waals surface area contributed by atoms with Gasteiger partial charge < -0.3 is 10.2 Å². The van der Waals surface area contributed by atoms with E-state index in [2.05, 4.69) is 28.1 Å². The molecule has 6 nitrogen and oxygen atoms in total. The molecule has 28 heavy (non-hydrogen) atoms. The molecular formula is C22H30N4O2. The standard InChI is InChI=1S/C22H30N4O2/c1-16-4-3-5-20(12-16)24-22(28)15-25-8-10-26(11-9-25)21-13-18(17(2)27)6-7-19(21)14-23/h6-7,13,16,20H,3-5,8-12,15H2,1-2H3,(H,24,28). The van der Waals surface area contributed by atoms with Crippen molar-refractivity contribution in [3.8, 4) is 6.07 Å². The van der Waals surface area contributed by atoms with Gasteiger partial charge in [-0.15, -0.1) is 0 Å². The lowest BCUT2D eigenvalue weighted by Crippen LogP contribution is -2.51. The first-order valence-electron chi connectivity index (χ1n) is 10.3. The summed E-state index contributed by atoms with van der Waals surface area (Å²) >= 11 is 0. The Morgan fingerprint density at radius 3 is 2.61 bits per heavy atom. The molecule has 1 saturated heterocycles. The van der Waals surface area contributed by atoms with E-state index in [1.165, 1.54) is 19.8 Å². The van der Waals surface area contributed by atoms with Gasteiger partial charge in [0, 0.05) is 37.8 Å². The van der Waals surface area contributed by atoms with E-state index < -0.39 is 0 Å². The van der Waals surface area contributed by atoms with Gasteiger partial charge in [0.15, 0.2) is 5.78 Å². The van der Waals surface area contributed by atoms with Gasteiger partial charge >= 0.3 is 0 Å². The monoisotopic (exact) mass is 382 g/mol. The summed E-state index contributed by atoms with van der Waals surface area (Å²) in [6.45, 7) is 7.24. The molecule has 1 heterocycles. The minimum Gasteiger partial charge on any atom is -0.368 e. The predicted molar refractivity (Wildman–Crippen MR) is 109 cm³/mol. The third kappa shape index (κ3) is 5.11. The number of piperazine rings is 1. The molecule has 3 rings (SSSR count). The molecule has 1 amide bonds. The fourth-order valence-electron chi connectivity index (χ4n) is 4.30. The molecule has 2 aliphatic rings. The van der Waals surface area contributed by atoms with Crippen molar-refractivity contribution in [2.75, 3.05) is 37.6 Å². The first-order chi connectivity index (χ1) is 13.5. The van der Waals surface area contributed by atoms with Crippen molar-refractivity contribution < 1.29 is 9.59 Å². The van der Waals surface area contributed by atoms with Crippen molar-refractivity contribution >= 4 is 17.4 Å². The number of hydrogen-bond donors (Lipinski definition) is 1. The maximum Gasteiger partial charge on any atom is 0.234 e. The Balaban J connectivity index is 1.53. The minimum atomic E-state index is -0.00178. The number of amides is 1. The smallest absolute Gasteiger partial charge is 0.234 e. The summed E-state index contributed by atoms with van der Waals surface area (Å²) in [5.74, 6) is 0.810. The quantitative estimate of drug-likeness (QED) is 0.792. The van der Waals surface area contributed by atoms with Crippen LogP contribution in [0.4, 0.5) is 5.69 Å². The second kappa shape index (κ2) is 9.20. The fourth-order valence-corrected chi connectivity index (χ4v) is 4.30. The van der Waals surface area contributed by atoms with Crippen LogP contribution in [0.3, 0.4) is 0 Å². The molecule has 1 N–H and O–H groups in total. The molecule has 150 valence electrons. The molecule has 1 aromatic rings. The van der Waals surface area contributed by atoms with Crippen LogP contribution in [0, 0.1) is 17.2 Å². The maximum atomic E-state index is 12.4. The van der Waals surface area contributed by atoms with E-state index in [-0.39, 0.29) is 11.7 Å².